The number of hydrogen-bond acceptors (Lipinski definition) is 3. The number of alkyl halides is 3. The maximum atomic E-state index is 13.7. The summed E-state index contributed by atoms with van der Waals surface area (Å²) in [4.78, 5) is 24.0. The first-order chi connectivity index (χ1) is 13.0. The van der Waals surface area contributed by atoms with Gasteiger partial charge in [0.05, 0.1) is 12.7 Å². The normalized spacial score (nSPS) is 12.4. The van der Waals surface area contributed by atoms with Crippen molar-refractivity contribution < 1.29 is 40.7 Å². The standard InChI is InChI=1S/C18H13F6NO3/c1-28-17(27)14(6-9-3-2-4-10(5-9)18(22,23)24)25-16(26)15-12(20)7-11(19)8-13(15)21/h2-5,7-8,14H,6H2,1H3,(H,25,26)/t14-/m1/s1. The number of carbonyl (C=O) groups is 2. The van der Waals surface area contributed by atoms with Gasteiger partial charge in [0.1, 0.15) is 29.1 Å². The van der Waals surface area contributed by atoms with Crippen LogP contribution in [0.5, 0.6) is 0 Å². The van der Waals surface area contributed by atoms with Crippen LogP contribution in [0.3, 0.4) is 0 Å². The first-order valence-corrected chi connectivity index (χ1v) is 7.72. The predicted octanol–water partition coefficient (Wildman–Crippen LogP) is 3.64. The van der Waals surface area contributed by atoms with Crippen LogP contribution >= 0.6 is 0 Å². The zero-order valence-corrected chi connectivity index (χ0v) is 14.2. The van der Waals surface area contributed by atoms with Crippen LogP contribution in [0.25, 0.3) is 0 Å². The Hall–Kier alpha value is -3.04. The van der Waals surface area contributed by atoms with Crippen LogP contribution in [0.4, 0.5) is 26.3 Å². The van der Waals surface area contributed by atoms with Crippen LogP contribution in [0, 0.1) is 17.5 Å². The fourth-order valence-corrected chi connectivity index (χ4v) is 2.44. The molecule has 0 fully saturated rings. The Labute approximate surface area is 155 Å². The third-order valence-corrected chi connectivity index (χ3v) is 3.72. The van der Waals surface area contributed by atoms with Gasteiger partial charge in [-0.25, -0.2) is 18.0 Å². The van der Waals surface area contributed by atoms with Crippen molar-refractivity contribution in [2.45, 2.75) is 18.6 Å². The maximum absolute atomic E-state index is 13.7. The number of methoxy groups -OCH3 is 1. The lowest BCUT2D eigenvalue weighted by molar-refractivity contribution is -0.142. The molecule has 1 N–H and O–H groups in total. The van der Waals surface area contributed by atoms with Crippen molar-refractivity contribution in [2.24, 2.45) is 0 Å². The molecule has 0 unspecified atom stereocenters. The van der Waals surface area contributed by atoms with E-state index in [1.165, 1.54) is 6.07 Å². The van der Waals surface area contributed by atoms with E-state index in [0.717, 1.165) is 25.3 Å². The lowest BCUT2D eigenvalue weighted by Gasteiger charge is -2.18. The average molecular weight is 405 g/mol. The monoisotopic (exact) mass is 405 g/mol. The molecule has 0 aromatic heterocycles. The summed E-state index contributed by atoms with van der Waals surface area (Å²) in [5.41, 5.74) is -2.10. The Morgan fingerprint density at radius 1 is 1.07 bits per heavy atom. The molecular weight excluding hydrogens is 392 g/mol. The first kappa shape index (κ1) is 21.3. The summed E-state index contributed by atoms with van der Waals surface area (Å²) in [6, 6.07) is 2.98. The fraction of sp³-hybridized carbons (Fsp3) is 0.222. The molecular formula is C18H13F6NO3. The first-order valence-electron chi connectivity index (χ1n) is 7.72. The van der Waals surface area contributed by atoms with Crippen molar-refractivity contribution in [3.63, 3.8) is 0 Å². The fourth-order valence-electron chi connectivity index (χ4n) is 2.44. The van der Waals surface area contributed by atoms with Gasteiger partial charge in [-0.2, -0.15) is 13.2 Å². The minimum Gasteiger partial charge on any atom is -0.467 e. The van der Waals surface area contributed by atoms with E-state index in [1.54, 1.807) is 0 Å². The zero-order valence-electron chi connectivity index (χ0n) is 14.2. The van der Waals surface area contributed by atoms with E-state index in [9.17, 15) is 35.9 Å². The van der Waals surface area contributed by atoms with Crippen LogP contribution in [-0.4, -0.2) is 25.0 Å². The van der Waals surface area contributed by atoms with E-state index in [1.807, 2.05) is 5.32 Å². The number of esters is 1. The molecule has 28 heavy (non-hydrogen) atoms. The van der Waals surface area contributed by atoms with Crippen molar-refractivity contribution in [1.29, 1.82) is 0 Å². The van der Waals surface area contributed by atoms with Crippen molar-refractivity contribution >= 4 is 11.9 Å². The molecule has 0 saturated carbocycles. The molecule has 2 aromatic rings. The van der Waals surface area contributed by atoms with Gasteiger partial charge in [0.2, 0.25) is 0 Å². The second kappa shape index (κ2) is 8.32. The van der Waals surface area contributed by atoms with Crippen molar-refractivity contribution in [3.05, 3.63) is 70.5 Å². The van der Waals surface area contributed by atoms with Gasteiger partial charge in [-0.1, -0.05) is 18.2 Å². The molecule has 150 valence electrons. The lowest BCUT2D eigenvalue weighted by Crippen LogP contribution is -2.43. The Bertz CT molecular complexity index is 874. The van der Waals surface area contributed by atoms with Gasteiger partial charge in [-0.3, -0.25) is 4.79 Å². The van der Waals surface area contributed by atoms with Gasteiger partial charge in [0.15, 0.2) is 0 Å². The second-order valence-corrected chi connectivity index (χ2v) is 5.70. The van der Waals surface area contributed by atoms with Gasteiger partial charge in [0.25, 0.3) is 5.91 Å². The molecule has 2 rings (SSSR count). The van der Waals surface area contributed by atoms with E-state index in [-0.39, 0.29) is 17.7 Å². The molecule has 0 heterocycles. The molecule has 4 nitrogen and oxygen atoms in total. The number of rotatable bonds is 5. The molecule has 0 aliphatic carbocycles. The number of hydrogen-bond donors (Lipinski definition) is 1. The number of nitrogens with one attached hydrogen (secondary N) is 1. The molecule has 0 radical (unpaired) electrons. The molecule has 10 heteroatoms. The van der Waals surface area contributed by atoms with Crippen molar-refractivity contribution in [2.75, 3.05) is 7.11 Å². The van der Waals surface area contributed by atoms with E-state index >= 15 is 0 Å². The summed E-state index contributed by atoms with van der Waals surface area (Å²) in [6.07, 6.45) is -5.06. The lowest BCUT2D eigenvalue weighted by atomic mass is 10.0. The minimum absolute atomic E-state index is 0.0191. The average Bonchev–Trinajstić information content (AvgIpc) is 2.59. The van der Waals surface area contributed by atoms with Crippen molar-refractivity contribution in [3.8, 4) is 0 Å². The molecule has 0 aliphatic rings. The number of halogens is 6. The predicted molar refractivity (Wildman–Crippen MR) is 84.7 cm³/mol. The molecule has 0 bridgehead atoms. The summed E-state index contributed by atoms with van der Waals surface area (Å²) in [5.74, 6) is -6.69. The summed E-state index contributed by atoms with van der Waals surface area (Å²) in [5, 5.41) is 1.99. The number of ether oxygens (including phenoxy) is 1. The van der Waals surface area contributed by atoms with Crippen LogP contribution in [0.2, 0.25) is 0 Å². The highest BCUT2D eigenvalue weighted by molar-refractivity contribution is 5.97. The number of benzene rings is 2. The number of carbonyl (C=O) groups excluding carboxylic acids is 2. The highest BCUT2D eigenvalue weighted by atomic mass is 19.4. The Morgan fingerprint density at radius 2 is 1.68 bits per heavy atom. The van der Waals surface area contributed by atoms with Gasteiger partial charge in [-0.05, 0) is 11.6 Å². The van der Waals surface area contributed by atoms with Crippen LogP contribution < -0.4 is 5.32 Å². The van der Waals surface area contributed by atoms with E-state index in [4.69, 9.17) is 0 Å². The van der Waals surface area contributed by atoms with Gasteiger partial charge >= 0.3 is 12.1 Å². The SMILES string of the molecule is COC(=O)[C@@H](Cc1cccc(C(F)(F)F)c1)NC(=O)c1c(F)cc(F)cc1F. The Balaban J connectivity index is 2.28. The van der Waals surface area contributed by atoms with E-state index in [0.29, 0.717) is 0 Å². The van der Waals surface area contributed by atoms with Gasteiger partial charge in [0, 0.05) is 18.6 Å². The highest BCUT2D eigenvalue weighted by Gasteiger charge is 2.31. The van der Waals surface area contributed by atoms with Crippen LogP contribution in [-0.2, 0) is 22.1 Å². The smallest absolute Gasteiger partial charge is 0.416 e. The molecule has 2 aromatic carbocycles. The van der Waals surface area contributed by atoms with Crippen LogP contribution in [0.15, 0.2) is 36.4 Å². The van der Waals surface area contributed by atoms with Gasteiger partial charge in [-0.15, -0.1) is 0 Å². The molecule has 1 amide bonds. The molecule has 0 saturated heterocycles. The minimum atomic E-state index is -4.62. The second-order valence-electron chi connectivity index (χ2n) is 5.70. The van der Waals surface area contributed by atoms with Crippen LogP contribution in [0.1, 0.15) is 21.5 Å². The number of amides is 1. The molecule has 0 aliphatic heterocycles. The maximum Gasteiger partial charge on any atom is 0.416 e. The highest BCUT2D eigenvalue weighted by Crippen LogP contribution is 2.29. The Kier molecular flexibility index (Phi) is 6.32. The molecule has 1 atom stereocenters. The zero-order chi connectivity index (χ0) is 21.1. The van der Waals surface area contributed by atoms with Crippen molar-refractivity contribution in [1.82, 2.24) is 5.32 Å². The topological polar surface area (TPSA) is 55.4 Å². The summed E-state index contributed by atoms with van der Waals surface area (Å²) < 4.78 is 83.3. The van der Waals surface area contributed by atoms with E-state index < -0.39 is 59.1 Å². The third-order valence-electron chi connectivity index (χ3n) is 3.72. The summed E-state index contributed by atoms with van der Waals surface area (Å²) in [6.45, 7) is 0. The summed E-state index contributed by atoms with van der Waals surface area (Å²) >= 11 is 0. The third kappa shape index (κ3) is 5.02. The van der Waals surface area contributed by atoms with Gasteiger partial charge < -0.3 is 10.1 Å². The molecule has 0 spiro atoms. The quantitative estimate of drug-likeness (QED) is 0.611. The van der Waals surface area contributed by atoms with E-state index in [2.05, 4.69) is 4.74 Å². The summed E-state index contributed by atoms with van der Waals surface area (Å²) in [7, 11) is 0.965. The Morgan fingerprint density at radius 3 is 2.21 bits per heavy atom. The largest absolute Gasteiger partial charge is 0.467 e.